The molecule has 0 saturated carbocycles. The van der Waals surface area contributed by atoms with E-state index in [1.54, 1.807) is 29.8 Å². The summed E-state index contributed by atoms with van der Waals surface area (Å²) in [5, 5.41) is 18.5. The summed E-state index contributed by atoms with van der Waals surface area (Å²) in [6.45, 7) is 7.69. The largest absolute Gasteiger partial charge is 0.488 e. The molecule has 2 aromatic rings. The molecule has 0 amide bonds. The molecule has 2 N–H and O–H groups in total. The highest BCUT2D eigenvalue weighted by molar-refractivity contribution is 6.76. The van der Waals surface area contributed by atoms with E-state index in [0.717, 1.165) is 11.6 Å². The van der Waals surface area contributed by atoms with Gasteiger partial charge in [-0.05, 0) is 23.6 Å². The first-order valence-corrected chi connectivity index (χ1v) is 11.0. The van der Waals surface area contributed by atoms with Crippen molar-refractivity contribution in [2.24, 2.45) is 7.05 Å². The second-order valence-electron chi connectivity index (χ2n) is 6.74. The van der Waals surface area contributed by atoms with Gasteiger partial charge in [0.1, 0.15) is 6.73 Å². The maximum atomic E-state index is 12.3. The maximum absolute atomic E-state index is 12.3. The van der Waals surface area contributed by atoms with Gasteiger partial charge in [-0.1, -0.05) is 25.7 Å². The Labute approximate surface area is 131 Å². The highest BCUT2D eigenvalue weighted by Crippen LogP contribution is 2.12. The summed E-state index contributed by atoms with van der Waals surface area (Å²) in [4.78, 5) is 12.3. The number of imidazole rings is 1. The Morgan fingerprint density at radius 3 is 2.50 bits per heavy atom. The van der Waals surface area contributed by atoms with Crippen molar-refractivity contribution in [3.63, 3.8) is 0 Å². The van der Waals surface area contributed by atoms with Crippen molar-refractivity contribution in [2.75, 3.05) is 6.61 Å². The lowest BCUT2D eigenvalue weighted by molar-refractivity contribution is 0.0873. The van der Waals surface area contributed by atoms with Crippen molar-refractivity contribution in [1.29, 1.82) is 0 Å². The number of rotatable bonds is 6. The molecule has 0 spiro atoms. The fraction of sp³-hybridized carbons (Fsp3) is 0.500. The van der Waals surface area contributed by atoms with Gasteiger partial charge >= 0.3 is 12.8 Å². The van der Waals surface area contributed by atoms with E-state index in [1.165, 1.54) is 4.57 Å². The third kappa shape index (κ3) is 3.70. The van der Waals surface area contributed by atoms with Gasteiger partial charge in [0.2, 0.25) is 0 Å². The Morgan fingerprint density at radius 1 is 1.23 bits per heavy atom. The first-order valence-electron chi connectivity index (χ1n) is 7.34. The minimum absolute atomic E-state index is 0.174. The Bertz CT molecular complexity index is 718. The molecular weight excluding hydrogens is 299 g/mol. The molecule has 1 heterocycles. The summed E-state index contributed by atoms with van der Waals surface area (Å²) in [6, 6.07) is 5.98. The van der Waals surface area contributed by atoms with E-state index < -0.39 is 15.2 Å². The summed E-state index contributed by atoms with van der Waals surface area (Å²) in [6.07, 6.45) is 0. The van der Waals surface area contributed by atoms with Crippen molar-refractivity contribution in [3.05, 3.63) is 28.7 Å². The zero-order valence-electron chi connectivity index (χ0n) is 13.5. The maximum Gasteiger partial charge on any atom is 0.488 e. The monoisotopic (exact) mass is 322 g/mol. The van der Waals surface area contributed by atoms with Crippen LogP contribution in [0.3, 0.4) is 0 Å². The number of nitrogens with zero attached hydrogens (tertiary/aromatic N) is 2. The van der Waals surface area contributed by atoms with E-state index in [0.29, 0.717) is 17.6 Å². The van der Waals surface area contributed by atoms with E-state index in [1.807, 2.05) is 0 Å². The Morgan fingerprint density at radius 2 is 1.91 bits per heavy atom. The highest BCUT2D eigenvalue weighted by atomic mass is 28.3. The molecule has 0 aliphatic rings. The highest BCUT2D eigenvalue weighted by Gasteiger charge is 2.17. The molecule has 22 heavy (non-hydrogen) atoms. The molecule has 0 atom stereocenters. The number of fused-ring (bicyclic) bond motifs is 1. The van der Waals surface area contributed by atoms with E-state index >= 15 is 0 Å². The quantitative estimate of drug-likeness (QED) is 0.594. The predicted molar refractivity (Wildman–Crippen MR) is 91.1 cm³/mol. The second-order valence-corrected chi connectivity index (χ2v) is 12.4. The summed E-state index contributed by atoms with van der Waals surface area (Å²) in [5.41, 5.74) is 1.57. The van der Waals surface area contributed by atoms with Gasteiger partial charge in [0.15, 0.2) is 0 Å². The van der Waals surface area contributed by atoms with E-state index in [4.69, 9.17) is 4.74 Å². The van der Waals surface area contributed by atoms with Crippen LogP contribution in [0.2, 0.25) is 25.7 Å². The van der Waals surface area contributed by atoms with Crippen LogP contribution in [0, 0.1) is 0 Å². The van der Waals surface area contributed by atoms with Gasteiger partial charge in [-0.2, -0.15) is 0 Å². The van der Waals surface area contributed by atoms with Crippen molar-refractivity contribution < 1.29 is 14.8 Å². The molecule has 0 bridgehead atoms. The van der Waals surface area contributed by atoms with Crippen LogP contribution < -0.4 is 11.2 Å². The average Bonchev–Trinajstić information content (AvgIpc) is 2.66. The van der Waals surface area contributed by atoms with Crippen molar-refractivity contribution in [3.8, 4) is 0 Å². The van der Waals surface area contributed by atoms with Crippen LogP contribution in [-0.4, -0.2) is 41.0 Å². The predicted octanol–water partition coefficient (Wildman–Crippen LogP) is 0.332. The van der Waals surface area contributed by atoms with E-state index in [9.17, 15) is 14.8 Å². The Kier molecular flexibility index (Phi) is 4.96. The lowest BCUT2D eigenvalue weighted by Gasteiger charge is -2.15. The minimum atomic E-state index is -1.55. The minimum Gasteiger partial charge on any atom is -0.423 e. The van der Waals surface area contributed by atoms with Gasteiger partial charge in [0.25, 0.3) is 0 Å². The standard InChI is InChI=1S/C14H23BN2O4Si/c1-16-13-9-11(15(19)20)5-6-12(13)17(14(16)18)10-21-7-8-22(2,3)4/h5-6,9,19-20H,7-8,10H2,1-4H3. The molecular formula is C14H23BN2O4Si. The normalized spacial score (nSPS) is 12.1. The molecule has 0 saturated heterocycles. The zero-order chi connectivity index (χ0) is 16.5. The molecule has 1 aromatic heterocycles. The summed E-state index contributed by atoms with van der Waals surface area (Å²) >= 11 is 0. The van der Waals surface area contributed by atoms with Gasteiger partial charge < -0.3 is 14.8 Å². The zero-order valence-corrected chi connectivity index (χ0v) is 14.5. The molecule has 0 aliphatic carbocycles. The van der Waals surface area contributed by atoms with Gasteiger partial charge in [-0.3, -0.25) is 9.13 Å². The lowest BCUT2D eigenvalue weighted by Crippen LogP contribution is -2.29. The van der Waals surface area contributed by atoms with Crippen LogP contribution >= 0.6 is 0 Å². The fourth-order valence-electron chi connectivity index (χ4n) is 2.24. The molecule has 2 rings (SSSR count). The van der Waals surface area contributed by atoms with Crippen LogP contribution in [0.25, 0.3) is 11.0 Å². The Balaban J connectivity index is 2.23. The first-order chi connectivity index (χ1) is 10.2. The van der Waals surface area contributed by atoms with Crippen molar-refractivity contribution in [2.45, 2.75) is 32.4 Å². The molecule has 0 unspecified atom stereocenters. The van der Waals surface area contributed by atoms with Crippen LogP contribution in [0.4, 0.5) is 0 Å². The molecule has 0 fully saturated rings. The van der Waals surface area contributed by atoms with Crippen LogP contribution in [0.15, 0.2) is 23.0 Å². The first kappa shape index (κ1) is 17.0. The molecule has 8 heteroatoms. The van der Waals surface area contributed by atoms with Gasteiger partial charge in [-0.25, -0.2) is 4.79 Å². The number of hydrogen-bond acceptors (Lipinski definition) is 4. The molecule has 1 aromatic carbocycles. The van der Waals surface area contributed by atoms with Crippen LogP contribution in [0.5, 0.6) is 0 Å². The van der Waals surface area contributed by atoms with Crippen LogP contribution in [0.1, 0.15) is 0 Å². The smallest absolute Gasteiger partial charge is 0.423 e. The van der Waals surface area contributed by atoms with Gasteiger partial charge in [-0.15, -0.1) is 0 Å². The number of benzene rings is 1. The third-order valence-corrected chi connectivity index (χ3v) is 5.39. The lowest BCUT2D eigenvalue weighted by atomic mass is 9.80. The van der Waals surface area contributed by atoms with Gasteiger partial charge in [0, 0.05) is 21.7 Å². The number of hydrogen-bond donors (Lipinski definition) is 2. The number of aryl methyl sites for hydroxylation is 1. The third-order valence-electron chi connectivity index (χ3n) is 3.68. The summed E-state index contributed by atoms with van der Waals surface area (Å²) in [5.74, 6) is 0. The van der Waals surface area contributed by atoms with Crippen LogP contribution in [-0.2, 0) is 18.5 Å². The molecule has 6 nitrogen and oxygen atoms in total. The second kappa shape index (κ2) is 6.41. The average molecular weight is 322 g/mol. The number of aromatic nitrogens is 2. The SMILES string of the molecule is Cn1c(=O)n(COCC[Si](C)(C)C)c2ccc(B(O)O)cc21. The summed E-state index contributed by atoms with van der Waals surface area (Å²) < 4.78 is 8.71. The van der Waals surface area contributed by atoms with Crippen molar-refractivity contribution in [1.82, 2.24) is 9.13 Å². The van der Waals surface area contributed by atoms with E-state index in [2.05, 4.69) is 19.6 Å². The molecule has 120 valence electrons. The fourth-order valence-corrected chi connectivity index (χ4v) is 3.00. The van der Waals surface area contributed by atoms with Crippen molar-refractivity contribution >= 4 is 31.7 Å². The Hall–Kier alpha value is -1.35. The topological polar surface area (TPSA) is 76.6 Å². The number of ether oxygens (including phenoxy) is 1. The molecule has 0 radical (unpaired) electrons. The van der Waals surface area contributed by atoms with E-state index in [-0.39, 0.29) is 12.4 Å². The van der Waals surface area contributed by atoms with Gasteiger partial charge in [0.05, 0.1) is 11.0 Å². The summed E-state index contributed by atoms with van der Waals surface area (Å²) in [7, 11) is -1.03. The molecule has 0 aliphatic heterocycles.